The van der Waals surface area contributed by atoms with Gasteiger partial charge in [-0.25, -0.2) is 0 Å². The molecule has 146 valence electrons. The molecule has 0 saturated heterocycles. The van der Waals surface area contributed by atoms with Gasteiger partial charge in [-0.3, -0.25) is 0 Å². The Labute approximate surface area is 173 Å². The zero-order chi connectivity index (χ0) is 20.2. The highest BCUT2D eigenvalue weighted by Crippen LogP contribution is 2.29. The van der Waals surface area contributed by atoms with Crippen LogP contribution in [0.3, 0.4) is 0 Å². The van der Waals surface area contributed by atoms with Gasteiger partial charge >= 0.3 is 0 Å². The van der Waals surface area contributed by atoms with E-state index in [4.69, 9.17) is 9.47 Å². The van der Waals surface area contributed by atoms with Crippen LogP contribution in [0.25, 0.3) is 11.1 Å². The number of benzene rings is 3. The standard InChI is InChI=1S/C27H26O2/c1-19-5-4-6-26(16-19)28-24-11-7-22(8-12-24)23-9-13-25(14-10-23)29-27-17-20(2)15-21(3)18-27/h4-14,16-18,20H,15H2,1-3H3. The first kappa shape index (κ1) is 19.1. The van der Waals surface area contributed by atoms with E-state index >= 15 is 0 Å². The largest absolute Gasteiger partial charge is 0.458 e. The van der Waals surface area contributed by atoms with E-state index < -0.39 is 0 Å². The van der Waals surface area contributed by atoms with Crippen LogP contribution in [0.2, 0.25) is 0 Å². The van der Waals surface area contributed by atoms with Crippen molar-refractivity contribution in [2.24, 2.45) is 5.92 Å². The second-order valence-corrected chi connectivity index (χ2v) is 7.81. The summed E-state index contributed by atoms with van der Waals surface area (Å²) in [6.45, 7) is 6.43. The Kier molecular flexibility index (Phi) is 5.53. The Bertz CT molecular complexity index is 1040. The molecule has 1 atom stereocenters. The van der Waals surface area contributed by atoms with Gasteiger partial charge in [-0.05, 0) is 91.4 Å². The SMILES string of the molecule is CC1=CC(Oc2ccc(-c3ccc(Oc4cccc(C)c4)cc3)cc2)=CC(C)C1. The quantitative estimate of drug-likeness (QED) is 0.450. The van der Waals surface area contributed by atoms with Crippen LogP contribution in [0.1, 0.15) is 25.8 Å². The van der Waals surface area contributed by atoms with Crippen molar-refractivity contribution in [1.29, 1.82) is 0 Å². The second kappa shape index (κ2) is 8.40. The van der Waals surface area contributed by atoms with Crippen molar-refractivity contribution in [2.75, 3.05) is 0 Å². The molecule has 4 rings (SSSR count). The van der Waals surface area contributed by atoms with E-state index in [2.05, 4.69) is 63.3 Å². The Hall–Kier alpha value is -3.26. The van der Waals surface area contributed by atoms with Crippen molar-refractivity contribution in [3.8, 4) is 28.4 Å². The van der Waals surface area contributed by atoms with Crippen LogP contribution < -0.4 is 9.47 Å². The molecule has 2 heteroatoms. The molecule has 0 aliphatic heterocycles. The predicted octanol–water partition coefficient (Wildman–Crippen LogP) is 7.70. The lowest BCUT2D eigenvalue weighted by Gasteiger charge is -2.17. The fraction of sp³-hybridized carbons (Fsp3) is 0.185. The minimum absolute atomic E-state index is 0.523. The molecule has 0 spiro atoms. The van der Waals surface area contributed by atoms with Gasteiger partial charge < -0.3 is 9.47 Å². The van der Waals surface area contributed by atoms with Gasteiger partial charge in [0.1, 0.15) is 23.0 Å². The minimum atomic E-state index is 0.523. The van der Waals surface area contributed by atoms with Crippen molar-refractivity contribution in [2.45, 2.75) is 27.2 Å². The first-order chi connectivity index (χ1) is 14.0. The van der Waals surface area contributed by atoms with Crippen molar-refractivity contribution in [3.05, 3.63) is 102 Å². The Morgan fingerprint density at radius 2 is 1.34 bits per heavy atom. The van der Waals surface area contributed by atoms with Gasteiger partial charge in [0.15, 0.2) is 0 Å². The molecule has 1 unspecified atom stereocenters. The monoisotopic (exact) mass is 382 g/mol. The number of aryl methyl sites for hydroxylation is 1. The molecular formula is C27H26O2. The zero-order valence-electron chi connectivity index (χ0n) is 17.2. The van der Waals surface area contributed by atoms with Gasteiger partial charge in [0.2, 0.25) is 0 Å². The minimum Gasteiger partial charge on any atom is -0.458 e. The summed E-state index contributed by atoms with van der Waals surface area (Å²) >= 11 is 0. The van der Waals surface area contributed by atoms with Crippen LogP contribution in [0.15, 0.2) is 96.3 Å². The van der Waals surface area contributed by atoms with E-state index in [1.807, 2.05) is 42.5 Å². The highest BCUT2D eigenvalue weighted by molar-refractivity contribution is 5.65. The van der Waals surface area contributed by atoms with Crippen molar-refractivity contribution >= 4 is 0 Å². The zero-order valence-corrected chi connectivity index (χ0v) is 17.2. The summed E-state index contributed by atoms with van der Waals surface area (Å²) in [5, 5.41) is 0. The predicted molar refractivity (Wildman–Crippen MR) is 119 cm³/mol. The van der Waals surface area contributed by atoms with E-state index in [1.165, 1.54) is 11.1 Å². The highest BCUT2D eigenvalue weighted by atomic mass is 16.5. The van der Waals surface area contributed by atoms with Crippen molar-refractivity contribution in [1.82, 2.24) is 0 Å². The van der Waals surface area contributed by atoms with Gasteiger partial charge in [-0.1, -0.05) is 48.9 Å². The average Bonchev–Trinajstić information content (AvgIpc) is 2.69. The number of ether oxygens (including phenoxy) is 2. The van der Waals surface area contributed by atoms with E-state index in [0.717, 1.165) is 40.6 Å². The summed E-state index contributed by atoms with van der Waals surface area (Å²) in [5.74, 6) is 4.01. The first-order valence-corrected chi connectivity index (χ1v) is 10.1. The van der Waals surface area contributed by atoms with Crippen LogP contribution in [-0.2, 0) is 0 Å². The van der Waals surface area contributed by atoms with E-state index in [1.54, 1.807) is 0 Å². The molecule has 0 bridgehead atoms. The van der Waals surface area contributed by atoms with Gasteiger partial charge in [0.05, 0.1) is 0 Å². The van der Waals surface area contributed by atoms with E-state index in [9.17, 15) is 0 Å². The van der Waals surface area contributed by atoms with E-state index in [0.29, 0.717) is 5.92 Å². The maximum atomic E-state index is 6.05. The molecule has 0 saturated carbocycles. The molecule has 0 amide bonds. The topological polar surface area (TPSA) is 18.5 Å². The lowest BCUT2D eigenvalue weighted by molar-refractivity contribution is 0.430. The smallest absolute Gasteiger partial charge is 0.127 e. The molecule has 3 aromatic rings. The van der Waals surface area contributed by atoms with Crippen molar-refractivity contribution < 1.29 is 9.47 Å². The van der Waals surface area contributed by atoms with Crippen molar-refractivity contribution in [3.63, 3.8) is 0 Å². The summed E-state index contributed by atoms with van der Waals surface area (Å²) in [6.07, 6.45) is 5.42. The molecule has 1 aliphatic rings. The molecule has 0 fully saturated rings. The summed E-state index contributed by atoms with van der Waals surface area (Å²) in [6, 6.07) is 24.5. The molecule has 0 radical (unpaired) electrons. The van der Waals surface area contributed by atoms with Gasteiger partial charge in [-0.2, -0.15) is 0 Å². The molecule has 0 N–H and O–H groups in total. The summed E-state index contributed by atoms with van der Waals surface area (Å²) in [4.78, 5) is 0. The fourth-order valence-corrected chi connectivity index (χ4v) is 3.64. The number of rotatable bonds is 5. The third-order valence-electron chi connectivity index (χ3n) is 4.98. The summed E-state index contributed by atoms with van der Waals surface area (Å²) in [7, 11) is 0. The lowest BCUT2D eigenvalue weighted by Crippen LogP contribution is -2.04. The summed E-state index contributed by atoms with van der Waals surface area (Å²) in [5.41, 5.74) is 4.84. The summed E-state index contributed by atoms with van der Waals surface area (Å²) < 4.78 is 12.0. The number of hydrogen-bond acceptors (Lipinski definition) is 2. The third kappa shape index (κ3) is 4.97. The number of hydrogen-bond donors (Lipinski definition) is 0. The molecule has 3 aromatic carbocycles. The average molecular weight is 383 g/mol. The Balaban J connectivity index is 1.44. The molecular weight excluding hydrogens is 356 g/mol. The van der Waals surface area contributed by atoms with Gasteiger partial charge in [0, 0.05) is 0 Å². The Morgan fingerprint density at radius 1 is 0.724 bits per heavy atom. The lowest BCUT2D eigenvalue weighted by atomic mass is 9.96. The van der Waals surface area contributed by atoms with E-state index in [-0.39, 0.29) is 0 Å². The first-order valence-electron chi connectivity index (χ1n) is 10.1. The normalized spacial score (nSPS) is 16.0. The second-order valence-electron chi connectivity index (χ2n) is 7.81. The van der Waals surface area contributed by atoms with Crippen LogP contribution in [-0.4, -0.2) is 0 Å². The van der Waals surface area contributed by atoms with Crippen LogP contribution in [0.4, 0.5) is 0 Å². The third-order valence-corrected chi connectivity index (χ3v) is 4.98. The Morgan fingerprint density at radius 3 is 1.93 bits per heavy atom. The molecule has 0 aromatic heterocycles. The van der Waals surface area contributed by atoms with Crippen LogP contribution >= 0.6 is 0 Å². The van der Waals surface area contributed by atoms with Crippen LogP contribution in [0.5, 0.6) is 17.2 Å². The van der Waals surface area contributed by atoms with Crippen LogP contribution in [0, 0.1) is 12.8 Å². The molecule has 29 heavy (non-hydrogen) atoms. The maximum absolute atomic E-state index is 6.05. The molecule has 2 nitrogen and oxygen atoms in total. The fourth-order valence-electron chi connectivity index (χ4n) is 3.64. The molecule has 0 heterocycles. The van der Waals surface area contributed by atoms with Gasteiger partial charge in [-0.15, -0.1) is 0 Å². The highest BCUT2D eigenvalue weighted by Gasteiger charge is 2.10. The maximum Gasteiger partial charge on any atom is 0.127 e. The molecule has 1 aliphatic carbocycles. The number of allylic oxidation sites excluding steroid dienone is 3. The van der Waals surface area contributed by atoms with Gasteiger partial charge in [0.25, 0.3) is 0 Å².